The molecule has 0 aromatic heterocycles. The highest BCUT2D eigenvalue weighted by Gasteiger charge is 2.22. The first-order valence-corrected chi connectivity index (χ1v) is 7.86. The topological polar surface area (TPSA) is 17.1 Å². The first-order valence-electron chi connectivity index (χ1n) is 5.48. The van der Waals surface area contributed by atoms with E-state index in [4.69, 9.17) is 0 Å². The Bertz CT molecular complexity index is 176. The van der Waals surface area contributed by atoms with Gasteiger partial charge in [0, 0.05) is 17.4 Å². The third-order valence-electron chi connectivity index (χ3n) is 2.75. The molecule has 1 saturated heterocycles. The highest BCUT2D eigenvalue weighted by atomic mass is 33.1. The number of carbonyl (C=O) groups is 1. The first-order chi connectivity index (χ1) is 6.70. The van der Waals surface area contributed by atoms with E-state index in [1.165, 1.54) is 25.0 Å². The standard InChI is InChI=1S/C11H20OS2/c1-9(11-7-8-13-14-11)5-3-4-6-10(2)12/h9,11H,3-8H2,1-2H3. The van der Waals surface area contributed by atoms with Gasteiger partial charge in [0.2, 0.25) is 0 Å². The molecule has 0 spiro atoms. The molecular weight excluding hydrogens is 212 g/mol. The van der Waals surface area contributed by atoms with Gasteiger partial charge in [0.25, 0.3) is 0 Å². The Morgan fingerprint density at radius 1 is 1.50 bits per heavy atom. The number of rotatable bonds is 6. The smallest absolute Gasteiger partial charge is 0.129 e. The second-order valence-electron chi connectivity index (χ2n) is 4.17. The maximum absolute atomic E-state index is 10.7. The molecule has 3 heteroatoms. The highest BCUT2D eigenvalue weighted by Crippen LogP contribution is 2.42. The minimum absolute atomic E-state index is 0.337. The molecule has 1 nitrogen and oxygen atoms in total. The van der Waals surface area contributed by atoms with Crippen molar-refractivity contribution in [1.82, 2.24) is 0 Å². The third kappa shape index (κ3) is 4.74. The molecule has 2 unspecified atom stereocenters. The van der Waals surface area contributed by atoms with Gasteiger partial charge in [-0.05, 0) is 32.1 Å². The van der Waals surface area contributed by atoms with Crippen LogP contribution in [0.3, 0.4) is 0 Å². The van der Waals surface area contributed by atoms with Crippen molar-refractivity contribution in [3.05, 3.63) is 0 Å². The maximum atomic E-state index is 10.7. The van der Waals surface area contributed by atoms with Gasteiger partial charge in [-0.1, -0.05) is 34.9 Å². The fourth-order valence-corrected chi connectivity index (χ4v) is 5.02. The van der Waals surface area contributed by atoms with Crippen molar-refractivity contribution in [3.63, 3.8) is 0 Å². The molecule has 1 heterocycles. The minimum atomic E-state index is 0.337. The molecule has 0 aliphatic carbocycles. The van der Waals surface area contributed by atoms with Crippen molar-refractivity contribution in [2.75, 3.05) is 5.75 Å². The van der Waals surface area contributed by atoms with Crippen LogP contribution in [0.5, 0.6) is 0 Å². The number of ketones is 1. The van der Waals surface area contributed by atoms with Crippen LogP contribution in [0.2, 0.25) is 0 Å². The molecule has 1 fully saturated rings. The third-order valence-corrected chi connectivity index (χ3v) is 5.89. The Hall–Kier alpha value is 0.370. The molecule has 0 N–H and O–H groups in total. The lowest BCUT2D eigenvalue weighted by atomic mass is 9.97. The maximum Gasteiger partial charge on any atom is 0.129 e. The van der Waals surface area contributed by atoms with E-state index in [0.29, 0.717) is 5.78 Å². The predicted molar refractivity (Wildman–Crippen MR) is 66.8 cm³/mol. The van der Waals surface area contributed by atoms with E-state index in [2.05, 4.69) is 17.7 Å². The average Bonchev–Trinajstić information content (AvgIpc) is 2.64. The fraction of sp³-hybridized carbons (Fsp3) is 0.909. The molecule has 0 saturated carbocycles. The van der Waals surface area contributed by atoms with E-state index in [-0.39, 0.29) is 0 Å². The highest BCUT2D eigenvalue weighted by molar-refractivity contribution is 8.77. The molecule has 0 bridgehead atoms. The summed E-state index contributed by atoms with van der Waals surface area (Å²) in [6, 6.07) is 0. The van der Waals surface area contributed by atoms with E-state index in [1.807, 2.05) is 10.8 Å². The minimum Gasteiger partial charge on any atom is -0.300 e. The van der Waals surface area contributed by atoms with Crippen LogP contribution in [0, 0.1) is 5.92 Å². The lowest BCUT2D eigenvalue weighted by molar-refractivity contribution is -0.117. The second-order valence-corrected chi connectivity index (χ2v) is 6.90. The van der Waals surface area contributed by atoms with Crippen molar-refractivity contribution in [1.29, 1.82) is 0 Å². The van der Waals surface area contributed by atoms with E-state index in [0.717, 1.165) is 24.0 Å². The van der Waals surface area contributed by atoms with E-state index >= 15 is 0 Å². The molecular formula is C11H20OS2. The fourth-order valence-electron chi connectivity index (χ4n) is 1.75. The van der Waals surface area contributed by atoms with Gasteiger partial charge < -0.3 is 4.79 Å². The molecule has 0 amide bonds. The zero-order valence-electron chi connectivity index (χ0n) is 9.12. The van der Waals surface area contributed by atoms with Crippen LogP contribution in [0.25, 0.3) is 0 Å². The van der Waals surface area contributed by atoms with Crippen LogP contribution >= 0.6 is 21.6 Å². The van der Waals surface area contributed by atoms with E-state index in [1.54, 1.807) is 6.92 Å². The van der Waals surface area contributed by atoms with Gasteiger partial charge in [0.15, 0.2) is 0 Å². The lowest BCUT2D eigenvalue weighted by Crippen LogP contribution is -2.11. The summed E-state index contributed by atoms with van der Waals surface area (Å²) >= 11 is 0. The lowest BCUT2D eigenvalue weighted by Gasteiger charge is -2.16. The van der Waals surface area contributed by atoms with Gasteiger partial charge in [-0.15, -0.1) is 0 Å². The summed E-state index contributed by atoms with van der Waals surface area (Å²) in [6.07, 6.45) is 5.76. The number of hydrogen-bond donors (Lipinski definition) is 0. The molecule has 1 aliphatic rings. The molecule has 1 aliphatic heterocycles. The van der Waals surface area contributed by atoms with Crippen LogP contribution in [0.4, 0.5) is 0 Å². The average molecular weight is 232 g/mol. The van der Waals surface area contributed by atoms with Gasteiger partial charge in [-0.3, -0.25) is 0 Å². The molecule has 1 rings (SSSR count). The summed E-state index contributed by atoms with van der Waals surface area (Å²) in [5, 5.41) is 0.873. The largest absolute Gasteiger partial charge is 0.300 e. The molecule has 0 aromatic rings. The van der Waals surface area contributed by atoms with Crippen LogP contribution in [0.1, 0.15) is 46.0 Å². The Morgan fingerprint density at radius 2 is 2.29 bits per heavy atom. The SMILES string of the molecule is CC(=O)CCCCC(C)C1CCSS1. The van der Waals surface area contributed by atoms with Gasteiger partial charge in [0.05, 0.1) is 0 Å². The Balaban J connectivity index is 2.02. The van der Waals surface area contributed by atoms with E-state index in [9.17, 15) is 4.79 Å². The molecule has 0 aromatic carbocycles. The second kappa shape index (κ2) is 6.78. The van der Waals surface area contributed by atoms with Crippen LogP contribution in [0.15, 0.2) is 0 Å². The van der Waals surface area contributed by atoms with Gasteiger partial charge in [-0.25, -0.2) is 0 Å². The van der Waals surface area contributed by atoms with Crippen molar-refractivity contribution >= 4 is 27.4 Å². The summed E-state index contributed by atoms with van der Waals surface area (Å²) in [5.74, 6) is 2.50. The number of carbonyl (C=O) groups excluding carboxylic acids is 1. The Kier molecular flexibility index (Phi) is 6.02. The molecule has 82 valence electrons. The summed E-state index contributed by atoms with van der Waals surface area (Å²) < 4.78 is 0. The summed E-state index contributed by atoms with van der Waals surface area (Å²) in [5.41, 5.74) is 0. The monoisotopic (exact) mass is 232 g/mol. The molecule has 0 radical (unpaired) electrons. The van der Waals surface area contributed by atoms with Crippen LogP contribution in [-0.2, 0) is 4.79 Å². The zero-order chi connectivity index (χ0) is 10.4. The number of hydrogen-bond acceptors (Lipinski definition) is 3. The van der Waals surface area contributed by atoms with Crippen molar-refractivity contribution < 1.29 is 4.79 Å². The number of Topliss-reactive ketones (excluding diaryl/α,β-unsaturated/α-hetero) is 1. The van der Waals surface area contributed by atoms with Gasteiger partial charge in [-0.2, -0.15) is 0 Å². The Labute approximate surface area is 95.2 Å². The quantitative estimate of drug-likeness (QED) is 0.510. The van der Waals surface area contributed by atoms with Crippen molar-refractivity contribution in [2.45, 2.75) is 51.2 Å². The van der Waals surface area contributed by atoms with Crippen LogP contribution < -0.4 is 0 Å². The van der Waals surface area contributed by atoms with E-state index < -0.39 is 0 Å². The number of unbranched alkanes of at least 4 members (excludes halogenated alkanes) is 1. The van der Waals surface area contributed by atoms with Crippen LogP contribution in [-0.4, -0.2) is 16.8 Å². The predicted octanol–water partition coefficient (Wildman–Crippen LogP) is 3.93. The zero-order valence-corrected chi connectivity index (χ0v) is 10.8. The van der Waals surface area contributed by atoms with Gasteiger partial charge in [0.1, 0.15) is 5.78 Å². The molecule has 14 heavy (non-hydrogen) atoms. The summed E-state index contributed by atoms with van der Waals surface area (Å²) in [6.45, 7) is 4.05. The normalized spacial score (nSPS) is 23.7. The summed E-state index contributed by atoms with van der Waals surface area (Å²) in [4.78, 5) is 10.7. The first kappa shape index (κ1) is 12.4. The van der Waals surface area contributed by atoms with Gasteiger partial charge >= 0.3 is 0 Å². The summed E-state index contributed by atoms with van der Waals surface area (Å²) in [7, 11) is 4.08. The Morgan fingerprint density at radius 3 is 2.86 bits per heavy atom. The van der Waals surface area contributed by atoms with Crippen molar-refractivity contribution in [2.24, 2.45) is 5.92 Å². The van der Waals surface area contributed by atoms with Crippen molar-refractivity contribution in [3.8, 4) is 0 Å². The molecule has 2 atom stereocenters.